The lowest BCUT2D eigenvalue weighted by atomic mass is 9.61. The van der Waals surface area contributed by atoms with E-state index in [-0.39, 0.29) is 0 Å². The summed E-state index contributed by atoms with van der Waals surface area (Å²) >= 11 is 0. The van der Waals surface area contributed by atoms with Crippen molar-refractivity contribution < 1.29 is 9.53 Å². The summed E-state index contributed by atoms with van der Waals surface area (Å²) in [4.78, 5) is 10.6. The van der Waals surface area contributed by atoms with Crippen LogP contribution in [0.3, 0.4) is 0 Å². The van der Waals surface area contributed by atoms with Crippen LogP contribution in [0.15, 0.2) is 0 Å². The van der Waals surface area contributed by atoms with E-state index in [0.717, 1.165) is 31.0 Å². The molecule has 2 aliphatic carbocycles. The largest absolute Gasteiger partial charge is 0.381 e. The Balaban J connectivity index is 2.08. The lowest BCUT2D eigenvalue weighted by molar-refractivity contribution is -0.108. The molecule has 18 heavy (non-hydrogen) atoms. The van der Waals surface area contributed by atoms with Crippen molar-refractivity contribution in [2.24, 2.45) is 23.2 Å². The van der Waals surface area contributed by atoms with Crippen LogP contribution in [0.1, 0.15) is 58.8 Å². The van der Waals surface area contributed by atoms with Crippen LogP contribution in [0.25, 0.3) is 0 Å². The molecule has 0 saturated heterocycles. The Morgan fingerprint density at radius 1 is 1.39 bits per heavy atom. The van der Waals surface area contributed by atoms with Gasteiger partial charge in [0, 0.05) is 13.5 Å². The number of carbonyl (C=O) groups excluding carboxylic acids is 1. The van der Waals surface area contributed by atoms with Gasteiger partial charge in [0.05, 0.1) is 6.10 Å². The number of hydrogen-bond donors (Lipinski definition) is 0. The van der Waals surface area contributed by atoms with Crippen LogP contribution in [-0.2, 0) is 9.53 Å². The standard InChI is InChI=1S/C16H28O2/c1-12(6-5-11-17)13-8-9-14-15(18-3)7-4-10-16(13,14)2/h11-15H,4-10H2,1-3H3. The third kappa shape index (κ3) is 2.36. The average molecular weight is 252 g/mol. The molecule has 0 aliphatic heterocycles. The Labute approximate surface area is 111 Å². The molecule has 0 amide bonds. The van der Waals surface area contributed by atoms with Crippen molar-refractivity contribution in [2.75, 3.05) is 7.11 Å². The maximum absolute atomic E-state index is 10.6. The first-order valence-corrected chi connectivity index (χ1v) is 7.60. The predicted molar refractivity (Wildman–Crippen MR) is 73.4 cm³/mol. The van der Waals surface area contributed by atoms with Crippen molar-refractivity contribution in [1.82, 2.24) is 0 Å². The van der Waals surface area contributed by atoms with Gasteiger partial charge in [-0.2, -0.15) is 0 Å². The molecule has 5 atom stereocenters. The topological polar surface area (TPSA) is 26.3 Å². The van der Waals surface area contributed by atoms with Gasteiger partial charge < -0.3 is 9.53 Å². The summed E-state index contributed by atoms with van der Waals surface area (Å²) < 4.78 is 5.72. The average Bonchev–Trinajstić information content (AvgIpc) is 2.72. The maximum atomic E-state index is 10.6. The summed E-state index contributed by atoms with van der Waals surface area (Å²) in [5.74, 6) is 2.22. The number of hydrogen-bond acceptors (Lipinski definition) is 2. The summed E-state index contributed by atoms with van der Waals surface area (Å²) in [6, 6.07) is 0. The molecule has 2 heteroatoms. The molecule has 2 nitrogen and oxygen atoms in total. The summed E-state index contributed by atoms with van der Waals surface area (Å²) in [6.07, 6.45) is 9.91. The number of rotatable bonds is 5. The van der Waals surface area contributed by atoms with Crippen molar-refractivity contribution >= 4 is 6.29 Å². The molecule has 0 aromatic rings. The fourth-order valence-electron chi connectivity index (χ4n) is 4.91. The minimum Gasteiger partial charge on any atom is -0.381 e. The van der Waals surface area contributed by atoms with E-state index in [1.54, 1.807) is 0 Å². The summed E-state index contributed by atoms with van der Waals surface area (Å²) in [5.41, 5.74) is 0.460. The number of carbonyl (C=O) groups is 1. The highest BCUT2D eigenvalue weighted by Crippen LogP contribution is 2.58. The summed E-state index contributed by atoms with van der Waals surface area (Å²) in [6.45, 7) is 4.83. The highest BCUT2D eigenvalue weighted by atomic mass is 16.5. The van der Waals surface area contributed by atoms with Crippen LogP contribution in [0.4, 0.5) is 0 Å². The first-order valence-electron chi connectivity index (χ1n) is 7.60. The molecule has 0 N–H and O–H groups in total. The first-order chi connectivity index (χ1) is 8.63. The van der Waals surface area contributed by atoms with Gasteiger partial charge in [-0.05, 0) is 55.3 Å². The predicted octanol–water partition coefficient (Wildman–Crippen LogP) is 3.83. The SMILES string of the molecule is COC1CCCC2(C)C(C(C)CCC=O)CCC12. The van der Waals surface area contributed by atoms with E-state index in [0.29, 0.717) is 17.4 Å². The van der Waals surface area contributed by atoms with Gasteiger partial charge >= 0.3 is 0 Å². The second kappa shape index (κ2) is 5.73. The van der Waals surface area contributed by atoms with E-state index in [1.165, 1.54) is 32.1 Å². The Hall–Kier alpha value is -0.370. The second-order valence-electron chi connectivity index (χ2n) is 6.68. The monoisotopic (exact) mass is 252 g/mol. The minimum atomic E-state index is 0.460. The molecular formula is C16H28O2. The van der Waals surface area contributed by atoms with Crippen LogP contribution < -0.4 is 0 Å². The molecule has 0 bridgehead atoms. The Morgan fingerprint density at radius 2 is 2.17 bits per heavy atom. The number of fused-ring (bicyclic) bond motifs is 1. The molecule has 0 spiro atoms. The molecule has 104 valence electrons. The second-order valence-corrected chi connectivity index (χ2v) is 6.68. The molecule has 0 aromatic carbocycles. The van der Waals surface area contributed by atoms with E-state index >= 15 is 0 Å². The van der Waals surface area contributed by atoms with Crippen LogP contribution in [-0.4, -0.2) is 19.5 Å². The molecule has 0 radical (unpaired) electrons. The zero-order chi connectivity index (χ0) is 13.2. The Morgan fingerprint density at radius 3 is 2.83 bits per heavy atom. The van der Waals surface area contributed by atoms with Crippen LogP contribution in [0.2, 0.25) is 0 Å². The van der Waals surface area contributed by atoms with Gasteiger partial charge in [0.1, 0.15) is 6.29 Å². The van der Waals surface area contributed by atoms with Crippen molar-refractivity contribution in [3.05, 3.63) is 0 Å². The molecule has 0 heterocycles. The third-order valence-corrected chi connectivity index (χ3v) is 5.87. The fourth-order valence-corrected chi connectivity index (χ4v) is 4.91. The highest BCUT2D eigenvalue weighted by Gasteiger charge is 2.52. The van der Waals surface area contributed by atoms with Crippen molar-refractivity contribution in [3.63, 3.8) is 0 Å². The number of aldehydes is 1. The molecule has 0 aromatic heterocycles. The van der Waals surface area contributed by atoms with Crippen LogP contribution in [0.5, 0.6) is 0 Å². The Kier molecular flexibility index (Phi) is 4.47. The van der Waals surface area contributed by atoms with Crippen LogP contribution in [0, 0.1) is 23.2 Å². The number of methoxy groups -OCH3 is 1. The van der Waals surface area contributed by atoms with Crippen molar-refractivity contribution in [3.8, 4) is 0 Å². The molecule has 2 rings (SSSR count). The van der Waals surface area contributed by atoms with Gasteiger partial charge in [-0.15, -0.1) is 0 Å². The lowest BCUT2D eigenvalue weighted by Crippen LogP contribution is -2.42. The van der Waals surface area contributed by atoms with Gasteiger partial charge in [0.15, 0.2) is 0 Å². The normalized spacial score (nSPS) is 41.4. The smallest absolute Gasteiger partial charge is 0.120 e. The molecule has 2 fully saturated rings. The van der Waals surface area contributed by atoms with Gasteiger partial charge in [0.25, 0.3) is 0 Å². The maximum Gasteiger partial charge on any atom is 0.120 e. The molecular weight excluding hydrogens is 224 g/mol. The van der Waals surface area contributed by atoms with Gasteiger partial charge in [-0.3, -0.25) is 0 Å². The zero-order valence-corrected chi connectivity index (χ0v) is 12.2. The van der Waals surface area contributed by atoms with Gasteiger partial charge in [0.2, 0.25) is 0 Å². The summed E-state index contributed by atoms with van der Waals surface area (Å²) in [7, 11) is 1.87. The van der Waals surface area contributed by atoms with E-state index in [9.17, 15) is 4.79 Å². The molecule has 5 unspecified atom stereocenters. The van der Waals surface area contributed by atoms with E-state index in [4.69, 9.17) is 4.74 Å². The molecule has 2 aliphatic rings. The fraction of sp³-hybridized carbons (Fsp3) is 0.938. The van der Waals surface area contributed by atoms with Gasteiger partial charge in [-0.1, -0.05) is 20.3 Å². The zero-order valence-electron chi connectivity index (χ0n) is 12.2. The van der Waals surface area contributed by atoms with E-state index in [2.05, 4.69) is 13.8 Å². The van der Waals surface area contributed by atoms with Crippen LogP contribution >= 0.6 is 0 Å². The quantitative estimate of drug-likeness (QED) is 0.695. The first kappa shape index (κ1) is 14.0. The Bertz CT molecular complexity index is 289. The highest BCUT2D eigenvalue weighted by molar-refractivity contribution is 5.49. The van der Waals surface area contributed by atoms with Gasteiger partial charge in [-0.25, -0.2) is 0 Å². The molecule has 2 saturated carbocycles. The summed E-state index contributed by atoms with van der Waals surface area (Å²) in [5, 5.41) is 0. The van der Waals surface area contributed by atoms with E-state index < -0.39 is 0 Å². The minimum absolute atomic E-state index is 0.460. The number of ether oxygens (including phenoxy) is 1. The van der Waals surface area contributed by atoms with E-state index in [1.807, 2.05) is 7.11 Å². The van der Waals surface area contributed by atoms with Crippen molar-refractivity contribution in [2.45, 2.75) is 64.9 Å². The van der Waals surface area contributed by atoms with Crippen molar-refractivity contribution in [1.29, 1.82) is 0 Å². The lowest BCUT2D eigenvalue weighted by Gasteiger charge is -2.46. The third-order valence-electron chi connectivity index (χ3n) is 5.87.